The number of benzene rings is 1. The van der Waals surface area contributed by atoms with Crippen molar-refractivity contribution in [1.82, 2.24) is 10.2 Å². The Balaban J connectivity index is 1.63. The second kappa shape index (κ2) is 5.32. The van der Waals surface area contributed by atoms with Gasteiger partial charge in [-0.3, -0.25) is 0 Å². The summed E-state index contributed by atoms with van der Waals surface area (Å²) in [7, 11) is 0. The van der Waals surface area contributed by atoms with E-state index < -0.39 is 0 Å². The zero-order valence-electron chi connectivity index (χ0n) is 10.9. The minimum Gasteiger partial charge on any atom is -0.307 e. The SMILES string of the molecule is C[C@H](NC1CCN2CCC1C2)c1ccc(Br)cc1. The number of nitrogens with one attached hydrogen (secondary N) is 1. The fourth-order valence-corrected chi connectivity index (χ4v) is 3.60. The molecule has 0 saturated carbocycles. The maximum atomic E-state index is 3.84. The first-order valence-electron chi connectivity index (χ1n) is 6.96. The molecule has 98 valence electrons. The van der Waals surface area contributed by atoms with Crippen LogP contribution in [-0.4, -0.2) is 30.6 Å². The van der Waals surface area contributed by atoms with Gasteiger partial charge in [0.25, 0.3) is 0 Å². The minimum atomic E-state index is 0.454. The number of hydrogen-bond acceptors (Lipinski definition) is 2. The van der Waals surface area contributed by atoms with Crippen molar-refractivity contribution in [1.29, 1.82) is 0 Å². The summed E-state index contributed by atoms with van der Waals surface area (Å²) in [6.45, 7) is 6.19. The predicted octanol–water partition coefficient (Wildman–Crippen LogP) is 3.19. The Labute approximate surface area is 118 Å². The summed E-state index contributed by atoms with van der Waals surface area (Å²) in [5.41, 5.74) is 1.39. The summed E-state index contributed by atoms with van der Waals surface area (Å²) in [6.07, 6.45) is 2.69. The molecule has 0 aliphatic carbocycles. The summed E-state index contributed by atoms with van der Waals surface area (Å²) in [5.74, 6) is 0.872. The third kappa shape index (κ3) is 2.63. The zero-order valence-corrected chi connectivity index (χ0v) is 12.5. The standard InChI is InChI=1S/C15H21BrN2/c1-11(12-2-4-14(16)5-3-12)17-15-7-9-18-8-6-13(15)10-18/h2-5,11,13,15,17H,6-10H2,1H3/t11-,13?,15?/m0/s1. The Morgan fingerprint density at radius 1 is 1.22 bits per heavy atom. The molecule has 0 radical (unpaired) electrons. The molecule has 2 heterocycles. The van der Waals surface area contributed by atoms with Crippen LogP contribution >= 0.6 is 15.9 Å². The van der Waals surface area contributed by atoms with Crippen molar-refractivity contribution in [2.45, 2.75) is 31.8 Å². The lowest BCUT2D eigenvalue weighted by atomic mass is 9.93. The van der Waals surface area contributed by atoms with Gasteiger partial charge in [-0.2, -0.15) is 0 Å². The largest absolute Gasteiger partial charge is 0.307 e. The fourth-order valence-electron chi connectivity index (χ4n) is 3.34. The summed E-state index contributed by atoms with van der Waals surface area (Å²) in [5, 5.41) is 3.84. The first-order valence-corrected chi connectivity index (χ1v) is 7.75. The highest BCUT2D eigenvalue weighted by Gasteiger charge is 2.34. The van der Waals surface area contributed by atoms with Crippen molar-refractivity contribution in [2.75, 3.05) is 19.6 Å². The first kappa shape index (κ1) is 12.6. The van der Waals surface area contributed by atoms with Crippen LogP contribution in [-0.2, 0) is 0 Å². The molecule has 1 N–H and O–H groups in total. The Morgan fingerprint density at radius 2 is 1.94 bits per heavy atom. The van der Waals surface area contributed by atoms with Crippen LogP contribution in [0.2, 0.25) is 0 Å². The van der Waals surface area contributed by atoms with E-state index in [-0.39, 0.29) is 0 Å². The fraction of sp³-hybridized carbons (Fsp3) is 0.600. The van der Waals surface area contributed by atoms with Crippen LogP contribution in [0.3, 0.4) is 0 Å². The number of rotatable bonds is 3. The molecule has 0 aromatic heterocycles. The molecule has 2 saturated heterocycles. The molecule has 2 fully saturated rings. The topological polar surface area (TPSA) is 15.3 Å². The average molecular weight is 309 g/mol. The van der Waals surface area contributed by atoms with Gasteiger partial charge in [-0.25, -0.2) is 0 Å². The van der Waals surface area contributed by atoms with Crippen LogP contribution in [0, 0.1) is 5.92 Å². The van der Waals surface area contributed by atoms with Crippen molar-refractivity contribution >= 4 is 15.9 Å². The molecule has 2 bridgehead atoms. The highest BCUT2D eigenvalue weighted by molar-refractivity contribution is 9.10. The van der Waals surface area contributed by atoms with Crippen LogP contribution in [0.5, 0.6) is 0 Å². The Bertz CT molecular complexity index is 403. The molecular weight excluding hydrogens is 288 g/mol. The summed E-state index contributed by atoms with van der Waals surface area (Å²) < 4.78 is 1.16. The van der Waals surface area contributed by atoms with E-state index >= 15 is 0 Å². The zero-order chi connectivity index (χ0) is 12.5. The van der Waals surface area contributed by atoms with Gasteiger partial charge in [0.2, 0.25) is 0 Å². The monoisotopic (exact) mass is 308 g/mol. The van der Waals surface area contributed by atoms with Crippen molar-refractivity contribution in [3.05, 3.63) is 34.3 Å². The lowest BCUT2D eigenvalue weighted by Crippen LogP contribution is -2.44. The number of halogens is 1. The number of piperidine rings is 1. The van der Waals surface area contributed by atoms with Gasteiger partial charge in [-0.1, -0.05) is 28.1 Å². The van der Waals surface area contributed by atoms with Crippen molar-refractivity contribution in [3.63, 3.8) is 0 Å². The first-order chi connectivity index (χ1) is 8.72. The molecule has 2 nitrogen and oxygen atoms in total. The van der Waals surface area contributed by atoms with Crippen molar-refractivity contribution < 1.29 is 0 Å². The van der Waals surface area contributed by atoms with Gasteiger partial charge in [0, 0.05) is 23.1 Å². The van der Waals surface area contributed by atoms with E-state index in [4.69, 9.17) is 0 Å². The van der Waals surface area contributed by atoms with Gasteiger partial charge < -0.3 is 10.2 Å². The molecule has 18 heavy (non-hydrogen) atoms. The lowest BCUT2D eigenvalue weighted by Gasteiger charge is -2.33. The molecule has 1 aromatic rings. The van der Waals surface area contributed by atoms with E-state index in [1.807, 2.05) is 0 Å². The van der Waals surface area contributed by atoms with E-state index in [1.165, 1.54) is 38.0 Å². The third-order valence-corrected chi connectivity index (χ3v) is 5.00. The van der Waals surface area contributed by atoms with Crippen LogP contribution < -0.4 is 5.32 Å². The van der Waals surface area contributed by atoms with Gasteiger partial charge in [0.05, 0.1) is 0 Å². The summed E-state index contributed by atoms with van der Waals surface area (Å²) in [6, 6.07) is 9.85. The van der Waals surface area contributed by atoms with Gasteiger partial charge in [-0.05, 0) is 56.5 Å². The molecule has 4 atom stereocenters. The molecule has 3 rings (SSSR count). The molecule has 3 unspecified atom stereocenters. The van der Waals surface area contributed by atoms with Crippen LogP contribution in [0.1, 0.15) is 31.4 Å². The molecule has 0 spiro atoms. The van der Waals surface area contributed by atoms with E-state index in [0.29, 0.717) is 12.1 Å². The number of hydrogen-bond donors (Lipinski definition) is 1. The van der Waals surface area contributed by atoms with Gasteiger partial charge in [0.1, 0.15) is 0 Å². The second-order valence-corrected chi connectivity index (χ2v) is 6.60. The highest BCUT2D eigenvalue weighted by atomic mass is 79.9. The van der Waals surface area contributed by atoms with Crippen molar-refractivity contribution in [2.24, 2.45) is 5.92 Å². The van der Waals surface area contributed by atoms with Gasteiger partial charge >= 0.3 is 0 Å². The summed E-state index contributed by atoms with van der Waals surface area (Å²) in [4.78, 5) is 2.60. The predicted molar refractivity (Wildman–Crippen MR) is 78.6 cm³/mol. The van der Waals surface area contributed by atoms with E-state index in [1.54, 1.807) is 0 Å². The average Bonchev–Trinajstić information content (AvgIpc) is 2.76. The van der Waals surface area contributed by atoms with Gasteiger partial charge in [0.15, 0.2) is 0 Å². The highest BCUT2D eigenvalue weighted by Crippen LogP contribution is 2.29. The molecule has 3 heteroatoms. The third-order valence-electron chi connectivity index (χ3n) is 4.47. The quantitative estimate of drug-likeness (QED) is 0.922. The second-order valence-electron chi connectivity index (χ2n) is 5.68. The number of fused-ring (bicyclic) bond motifs is 2. The molecule has 0 amide bonds. The Kier molecular flexibility index (Phi) is 3.73. The Morgan fingerprint density at radius 3 is 2.72 bits per heavy atom. The maximum Gasteiger partial charge on any atom is 0.0294 e. The van der Waals surface area contributed by atoms with Crippen LogP contribution in [0.15, 0.2) is 28.7 Å². The smallest absolute Gasteiger partial charge is 0.0294 e. The normalized spacial score (nSPS) is 32.4. The lowest BCUT2D eigenvalue weighted by molar-refractivity contribution is 0.212. The van der Waals surface area contributed by atoms with Crippen LogP contribution in [0.25, 0.3) is 0 Å². The Hall–Kier alpha value is -0.380. The number of nitrogens with zero attached hydrogens (tertiary/aromatic N) is 1. The minimum absolute atomic E-state index is 0.454. The van der Waals surface area contributed by atoms with E-state index in [9.17, 15) is 0 Å². The maximum absolute atomic E-state index is 3.84. The molecule has 1 aromatic carbocycles. The molecular formula is C15H21BrN2. The summed E-state index contributed by atoms with van der Waals surface area (Å²) >= 11 is 3.49. The van der Waals surface area contributed by atoms with Crippen LogP contribution in [0.4, 0.5) is 0 Å². The van der Waals surface area contributed by atoms with Gasteiger partial charge in [-0.15, -0.1) is 0 Å². The van der Waals surface area contributed by atoms with E-state index in [0.717, 1.165) is 10.4 Å². The molecule has 2 aliphatic rings. The van der Waals surface area contributed by atoms with Crippen molar-refractivity contribution in [3.8, 4) is 0 Å². The molecule has 2 aliphatic heterocycles. The van der Waals surface area contributed by atoms with E-state index in [2.05, 4.69) is 57.3 Å².